The highest BCUT2D eigenvalue weighted by Crippen LogP contribution is 2.10. The molecule has 0 aliphatic carbocycles. The molecule has 0 aromatic heterocycles. The van der Waals surface area contributed by atoms with E-state index in [2.05, 4.69) is 17.1 Å². The van der Waals surface area contributed by atoms with Gasteiger partial charge in [-0.15, -0.1) is 0 Å². The molecule has 0 unspecified atom stereocenters. The monoisotopic (exact) mass is 216 g/mol. The number of nitrogens with one attached hydrogen (secondary N) is 1. The topological polar surface area (TPSA) is 15.3 Å². The zero-order chi connectivity index (χ0) is 10.2. The fourth-order valence-corrected chi connectivity index (χ4v) is 2.05. The van der Waals surface area contributed by atoms with Crippen LogP contribution in [0.25, 0.3) is 0 Å². The molecule has 0 aromatic rings. The lowest BCUT2D eigenvalue weighted by Gasteiger charge is -2.31. The van der Waals surface area contributed by atoms with Gasteiger partial charge in [0.05, 0.1) is 0 Å². The molecule has 0 atom stereocenters. The Balaban J connectivity index is 2.09. The van der Waals surface area contributed by atoms with E-state index >= 15 is 0 Å². The van der Waals surface area contributed by atoms with Crippen LogP contribution in [0.15, 0.2) is 11.6 Å². The highest BCUT2D eigenvalue weighted by atomic mass is 35.5. The number of likely N-dealkylation sites (tertiary alicyclic amines) is 1. The maximum atomic E-state index is 5.45. The zero-order valence-electron chi connectivity index (χ0n) is 9.01. The molecule has 14 heavy (non-hydrogen) atoms. The number of hydrogen-bond donors (Lipinski definition) is 1. The van der Waals surface area contributed by atoms with Gasteiger partial charge in [-0.25, -0.2) is 0 Å². The molecule has 1 aliphatic heterocycles. The molecule has 1 heterocycles. The van der Waals surface area contributed by atoms with Gasteiger partial charge in [0.25, 0.3) is 0 Å². The summed E-state index contributed by atoms with van der Waals surface area (Å²) >= 11 is 5.45. The van der Waals surface area contributed by atoms with Gasteiger partial charge in [0.1, 0.15) is 0 Å². The van der Waals surface area contributed by atoms with E-state index in [1.807, 2.05) is 6.08 Å². The highest BCUT2D eigenvalue weighted by Gasteiger charge is 2.16. The van der Waals surface area contributed by atoms with Crippen molar-refractivity contribution in [1.82, 2.24) is 10.2 Å². The quantitative estimate of drug-likeness (QED) is 0.758. The first-order valence-electron chi connectivity index (χ1n) is 5.57. The summed E-state index contributed by atoms with van der Waals surface area (Å²) in [4.78, 5) is 2.55. The molecular formula is C11H21ClN2. The van der Waals surface area contributed by atoms with Gasteiger partial charge >= 0.3 is 0 Å². The summed E-state index contributed by atoms with van der Waals surface area (Å²) in [6, 6.07) is 0.691. The Labute approximate surface area is 92.3 Å². The first-order chi connectivity index (χ1) is 6.86. The second-order valence-electron chi connectivity index (χ2n) is 3.89. The van der Waals surface area contributed by atoms with E-state index in [9.17, 15) is 0 Å². The van der Waals surface area contributed by atoms with E-state index in [0.29, 0.717) is 6.04 Å². The summed E-state index contributed by atoms with van der Waals surface area (Å²) in [7, 11) is 0. The molecule has 0 aromatic carbocycles. The molecule has 0 saturated carbocycles. The van der Waals surface area contributed by atoms with Crippen molar-refractivity contribution < 1.29 is 0 Å². The lowest BCUT2D eigenvalue weighted by Crippen LogP contribution is -2.42. The molecule has 0 radical (unpaired) electrons. The van der Waals surface area contributed by atoms with Crippen LogP contribution in [-0.2, 0) is 0 Å². The van der Waals surface area contributed by atoms with Gasteiger partial charge in [-0.1, -0.05) is 24.6 Å². The van der Waals surface area contributed by atoms with Crippen LogP contribution in [0.1, 0.15) is 26.2 Å². The van der Waals surface area contributed by atoms with Crippen molar-refractivity contribution in [2.45, 2.75) is 32.2 Å². The average molecular weight is 217 g/mol. The maximum Gasteiger partial charge on any atom is 0.0149 e. The molecule has 0 spiro atoms. The Kier molecular flexibility index (Phi) is 6.24. The van der Waals surface area contributed by atoms with Crippen LogP contribution in [-0.4, -0.2) is 37.1 Å². The molecule has 2 nitrogen and oxygen atoms in total. The van der Waals surface area contributed by atoms with E-state index in [1.165, 1.54) is 38.9 Å². The molecule has 3 heteroatoms. The van der Waals surface area contributed by atoms with Crippen LogP contribution < -0.4 is 5.32 Å². The van der Waals surface area contributed by atoms with Gasteiger partial charge in [0.15, 0.2) is 0 Å². The number of halogens is 1. The molecule has 0 amide bonds. The Morgan fingerprint density at radius 2 is 2.14 bits per heavy atom. The third-order valence-corrected chi connectivity index (χ3v) is 2.92. The standard InChI is InChI=1S/C11H21ClN2/c1-2-8-14-9-4-11(5-10-14)13-7-3-6-12/h3,6,11,13H,2,4-5,7-10H2,1H3/b6-3+. The number of piperidine rings is 1. The normalized spacial score (nSPS) is 20.7. The lowest BCUT2D eigenvalue weighted by molar-refractivity contribution is 0.200. The summed E-state index contributed by atoms with van der Waals surface area (Å²) in [5.41, 5.74) is 1.58. The molecule has 1 saturated heterocycles. The van der Waals surface area contributed by atoms with Gasteiger partial charge in [0.2, 0.25) is 0 Å². The van der Waals surface area contributed by atoms with Gasteiger partial charge in [-0.2, -0.15) is 0 Å². The molecule has 1 aliphatic rings. The predicted molar refractivity (Wildman–Crippen MR) is 62.7 cm³/mol. The molecule has 0 bridgehead atoms. The van der Waals surface area contributed by atoms with Gasteiger partial charge in [-0.05, 0) is 38.9 Å². The SMILES string of the molecule is CCCN1CCC(NC/C=C/Cl)CC1. The first kappa shape index (κ1) is 12.0. The Hall–Kier alpha value is -0.0500. The Morgan fingerprint density at radius 1 is 1.43 bits per heavy atom. The Morgan fingerprint density at radius 3 is 2.71 bits per heavy atom. The summed E-state index contributed by atoms with van der Waals surface area (Å²) < 4.78 is 0. The van der Waals surface area contributed by atoms with E-state index < -0.39 is 0 Å². The van der Waals surface area contributed by atoms with Crippen LogP contribution in [0.3, 0.4) is 0 Å². The first-order valence-corrected chi connectivity index (χ1v) is 6.01. The molecule has 1 rings (SSSR count). The van der Waals surface area contributed by atoms with Crippen LogP contribution in [0.2, 0.25) is 0 Å². The summed E-state index contributed by atoms with van der Waals surface area (Å²) in [5.74, 6) is 0. The van der Waals surface area contributed by atoms with Crippen molar-refractivity contribution in [3.05, 3.63) is 11.6 Å². The fourth-order valence-electron chi connectivity index (χ4n) is 1.96. The molecule has 1 fully saturated rings. The van der Waals surface area contributed by atoms with E-state index in [4.69, 9.17) is 11.6 Å². The second-order valence-corrected chi connectivity index (χ2v) is 4.14. The van der Waals surface area contributed by atoms with Crippen LogP contribution in [0.4, 0.5) is 0 Å². The molecular weight excluding hydrogens is 196 g/mol. The predicted octanol–water partition coefficient (Wildman–Crippen LogP) is 2.20. The fraction of sp³-hybridized carbons (Fsp3) is 0.818. The van der Waals surface area contributed by atoms with Crippen molar-refractivity contribution in [3.63, 3.8) is 0 Å². The van der Waals surface area contributed by atoms with Crippen molar-refractivity contribution in [2.75, 3.05) is 26.2 Å². The minimum atomic E-state index is 0.691. The minimum Gasteiger partial charge on any atom is -0.310 e. The average Bonchev–Trinajstić information content (AvgIpc) is 2.21. The van der Waals surface area contributed by atoms with Crippen LogP contribution in [0, 0.1) is 0 Å². The smallest absolute Gasteiger partial charge is 0.0149 e. The maximum absolute atomic E-state index is 5.45. The number of nitrogens with zero attached hydrogens (tertiary/aromatic N) is 1. The van der Waals surface area contributed by atoms with E-state index in [0.717, 1.165) is 6.54 Å². The molecule has 1 N–H and O–H groups in total. The highest BCUT2D eigenvalue weighted by molar-refractivity contribution is 6.25. The number of rotatable bonds is 5. The van der Waals surface area contributed by atoms with Crippen molar-refractivity contribution >= 4 is 11.6 Å². The summed E-state index contributed by atoms with van der Waals surface area (Å²) in [6.45, 7) is 6.90. The second kappa shape index (κ2) is 7.27. The minimum absolute atomic E-state index is 0.691. The van der Waals surface area contributed by atoms with Crippen molar-refractivity contribution in [3.8, 4) is 0 Å². The van der Waals surface area contributed by atoms with Gasteiger partial charge in [0, 0.05) is 18.1 Å². The van der Waals surface area contributed by atoms with E-state index in [1.54, 1.807) is 5.54 Å². The summed E-state index contributed by atoms with van der Waals surface area (Å²) in [6.07, 6.45) is 5.78. The summed E-state index contributed by atoms with van der Waals surface area (Å²) in [5, 5.41) is 3.49. The lowest BCUT2D eigenvalue weighted by atomic mass is 10.1. The third kappa shape index (κ3) is 4.45. The van der Waals surface area contributed by atoms with Crippen LogP contribution >= 0.6 is 11.6 Å². The van der Waals surface area contributed by atoms with E-state index in [-0.39, 0.29) is 0 Å². The van der Waals surface area contributed by atoms with Gasteiger partial charge in [-0.3, -0.25) is 0 Å². The Bertz CT molecular complexity index is 163. The molecule has 82 valence electrons. The van der Waals surface area contributed by atoms with Crippen LogP contribution in [0.5, 0.6) is 0 Å². The largest absolute Gasteiger partial charge is 0.310 e. The number of hydrogen-bond acceptors (Lipinski definition) is 2. The van der Waals surface area contributed by atoms with Gasteiger partial charge < -0.3 is 10.2 Å². The van der Waals surface area contributed by atoms with Crippen molar-refractivity contribution in [2.24, 2.45) is 0 Å². The van der Waals surface area contributed by atoms with Crippen molar-refractivity contribution in [1.29, 1.82) is 0 Å². The zero-order valence-corrected chi connectivity index (χ0v) is 9.76. The third-order valence-electron chi connectivity index (χ3n) is 2.74.